The molecule has 3 nitrogen and oxygen atoms in total. The van der Waals surface area contributed by atoms with E-state index in [0.29, 0.717) is 0 Å². The number of hydrogen-bond acceptors (Lipinski definition) is 2. The van der Waals surface area contributed by atoms with Gasteiger partial charge in [-0.1, -0.05) is 0 Å². The van der Waals surface area contributed by atoms with Crippen molar-refractivity contribution in [2.45, 2.75) is 25.1 Å². The standard InChI is InChI=1S/C7H9F3O3/c8-7(9,10)6-4(1-2-13-6)3-5(11)12/h4,6H,1-3H2,(H,11,12). The average Bonchev–Trinajstić information content (AvgIpc) is 2.31. The molecule has 0 aromatic carbocycles. The normalized spacial score (nSPS) is 29.2. The number of hydrogen-bond donors (Lipinski definition) is 1. The molecule has 1 saturated heterocycles. The Morgan fingerprint density at radius 1 is 1.54 bits per heavy atom. The Balaban J connectivity index is 2.59. The van der Waals surface area contributed by atoms with Gasteiger partial charge in [0.05, 0.1) is 6.42 Å². The van der Waals surface area contributed by atoms with Crippen molar-refractivity contribution in [2.24, 2.45) is 5.92 Å². The molecule has 1 fully saturated rings. The molecule has 1 heterocycles. The first-order valence-electron chi connectivity index (χ1n) is 3.81. The monoisotopic (exact) mass is 198 g/mol. The summed E-state index contributed by atoms with van der Waals surface area (Å²) < 4.78 is 40.9. The van der Waals surface area contributed by atoms with Gasteiger partial charge in [0.25, 0.3) is 0 Å². The van der Waals surface area contributed by atoms with Crippen LogP contribution in [0.15, 0.2) is 0 Å². The first-order chi connectivity index (χ1) is 5.91. The number of alkyl halides is 3. The summed E-state index contributed by atoms with van der Waals surface area (Å²) in [6.45, 7) is -0.0118. The van der Waals surface area contributed by atoms with Crippen molar-refractivity contribution in [3.05, 3.63) is 0 Å². The second kappa shape index (κ2) is 3.53. The van der Waals surface area contributed by atoms with Crippen molar-refractivity contribution < 1.29 is 27.8 Å². The van der Waals surface area contributed by atoms with Gasteiger partial charge in [-0.15, -0.1) is 0 Å². The Kier molecular flexibility index (Phi) is 2.80. The summed E-state index contributed by atoms with van der Waals surface area (Å²) >= 11 is 0. The smallest absolute Gasteiger partial charge is 0.414 e. The van der Waals surface area contributed by atoms with Gasteiger partial charge in [-0.3, -0.25) is 4.79 Å². The Morgan fingerprint density at radius 3 is 2.62 bits per heavy atom. The molecule has 76 valence electrons. The van der Waals surface area contributed by atoms with Crippen molar-refractivity contribution in [3.8, 4) is 0 Å². The van der Waals surface area contributed by atoms with Gasteiger partial charge in [0.15, 0.2) is 6.10 Å². The fraction of sp³-hybridized carbons (Fsp3) is 0.857. The van der Waals surface area contributed by atoms with Crippen LogP contribution in [0.2, 0.25) is 0 Å². The molecule has 0 spiro atoms. The van der Waals surface area contributed by atoms with Crippen molar-refractivity contribution >= 4 is 5.97 Å². The zero-order valence-electron chi connectivity index (χ0n) is 6.67. The molecule has 13 heavy (non-hydrogen) atoms. The number of carboxylic acids is 1. The minimum atomic E-state index is -4.45. The van der Waals surface area contributed by atoms with E-state index in [1.54, 1.807) is 0 Å². The van der Waals surface area contributed by atoms with E-state index in [4.69, 9.17) is 5.11 Å². The summed E-state index contributed by atoms with van der Waals surface area (Å²) in [4.78, 5) is 10.2. The second-order valence-corrected chi connectivity index (χ2v) is 2.98. The van der Waals surface area contributed by atoms with Crippen LogP contribution in [0.25, 0.3) is 0 Å². The zero-order valence-corrected chi connectivity index (χ0v) is 6.67. The summed E-state index contributed by atoms with van der Waals surface area (Å²) in [5.74, 6) is -2.15. The lowest BCUT2D eigenvalue weighted by molar-refractivity contribution is -0.217. The number of ether oxygens (including phenoxy) is 1. The molecular weight excluding hydrogens is 189 g/mol. The van der Waals surface area contributed by atoms with Gasteiger partial charge in [-0.25, -0.2) is 0 Å². The number of rotatable bonds is 2. The largest absolute Gasteiger partial charge is 0.481 e. The van der Waals surface area contributed by atoms with E-state index in [0.717, 1.165) is 0 Å². The maximum Gasteiger partial charge on any atom is 0.414 e. The van der Waals surface area contributed by atoms with Crippen molar-refractivity contribution in [1.29, 1.82) is 0 Å². The van der Waals surface area contributed by atoms with Crippen LogP contribution in [0.1, 0.15) is 12.8 Å². The van der Waals surface area contributed by atoms with Gasteiger partial charge in [-0.05, 0) is 6.42 Å². The third-order valence-corrected chi connectivity index (χ3v) is 1.97. The highest BCUT2D eigenvalue weighted by Gasteiger charge is 2.48. The molecule has 1 N–H and O–H groups in total. The lowest BCUT2D eigenvalue weighted by Crippen LogP contribution is -2.34. The van der Waals surface area contributed by atoms with Crippen LogP contribution < -0.4 is 0 Å². The molecule has 0 bridgehead atoms. The SMILES string of the molecule is O=C(O)CC1CCOC1C(F)(F)F. The van der Waals surface area contributed by atoms with E-state index < -0.39 is 30.6 Å². The second-order valence-electron chi connectivity index (χ2n) is 2.98. The number of halogens is 3. The first-order valence-corrected chi connectivity index (χ1v) is 3.81. The number of aliphatic carboxylic acids is 1. The van der Waals surface area contributed by atoms with Gasteiger partial charge < -0.3 is 9.84 Å². The van der Waals surface area contributed by atoms with Gasteiger partial charge in [0.2, 0.25) is 0 Å². The molecular formula is C7H9F3O3. The van der Waals surface area contributed by atoms with Crippen LogP contribution in [-0.2, 0) is 9.53 Å². The summed E-state index contributed by atoms with van der Waals surface area (Å²) in [6.07, 6.45) is -6.67. The predicted molar refractivity (Wildman–Crippen MR) is 36.2 cm³/mol. The van der Waals surface area contributed by atoms with E-state index in [1.165, 1.54) is 0 Å². The molecule has 0 aromatic heterocycles. The van der Waals surface area contributed by atoms with E-state index in [1.807, 2.05) is 0 Å². The van der Waals surface area contributed by atoms with Crippen molar-refractivity contribution in [2.75, 3.05) is 6.61 Å². The van der Waals surface area contributed by atoms with Crippen LogP contribution in [0.3, 0.4) is 0 Å². The minimum absolute atomic E-state index is 0.0118. The molecule has 0 aliphatic carbocycles. The number of carboxylic acid groups (broad SMARTS) is 1. The van der Waals surface area contributed by atoms with Crippen LogP contribution in [-0.4, -0.2) is 30.0 Å². The Hall–Kier alpha value is -0.780. The minimum Gasteiger partial charge on any atom is -0.481 e. The fourth-order valence-electron chi connectivity index (χ4n) is 1.43. The van der Waals surface area contributed by atoms with Crippen LogP contribution in [0.5, 0.6) is 0 Å². The van der Waals surface area contributed by atoms with Crippen LogP contribution in [0, 0.1) is 5.92 Å². The summed E-state index contributed by atoms with van der Waals surface area (Å²) in [6, 6.07) is 0. The average molecular weight is 198 g/mol. The molecule has 6 heteroatoms. The van der Waals surface area contributed by atoms with Gasteiger partial charge in [-0.2, -0.15) is 13.2 Å². The maximum atomic E-state index is 12.1. The third kappa shape index (κ3) is 2.58. The van der Waals surface area contributed by atoms with Gasteiger partial charge >= 0.3 is 12.1 Å². The summed E-state index contributed by atoms with van der Waals surface area (Å²) in [7, 11) is 0. The van der Waals surface area contributed by atoms with E-state index in [9.17, 15) is 18.0 Å². The maximum absolute atomic E-state index is 12.1. The zero-order chi connectivity index (χ0) is 10.1. The molecule has 0 aromatic rings. The Labute approximate surface area is 72.5 Å². The van der Waals surface area contributed by atoms with Gasteiger partial charge in [0, 0.05) is 12.5 Å². The molecule has 0 saturated carbocycles. The number of carbonyl (C=O) groups is 1. The molecule has 0 amide bonds. The predicted octanol–water partition coefficient (Wildman–Crippen LogP) is 1.43. The quantitative estimate of drug-likeness (QED) is 0.730. The van der Waals surface area contributed by atoms with Crippen molar-refractivity contribution in [3.63, 3.8) is 0 Å². The Morgan fingerprint density at radius 2 is 2.15 bits per heavy atom. The van der Waals surface area contributed by atoms with Gasteiger partial charge in [0.1, 0.15) is 0 Å². The fourth-order valence-corrected chi connectivity index (χ4v) is 1.43. The van der Waals surface area contributed by atoms with E-state index in [2.05, 4.69) is 4.74 Å². The van der Waals surface area contributed by atoms with Crippen LogP contribution >= 0.6 is 0 Å². The third-order valence-electron chi connectivity index (χ3n) is 1.97. The molecule has 0 radical (unpaired) electrons. The molecule has 1 aliphatic rings. The molecule has 2 atom stereocenters. The topological polar surface area (TPSA) is 46.5 Å². The Bertz CT molecular complexity index is 202. The highest BCUT2D eigenvalue weighted by Crippen LogP contribution is 2.36. The lowest BCUT2D eigenvalue weighted by atomic mass is 9.97. The van der Waals surface area contributed by atoms with E-state index >= 15 is 0 Å². The molecule has 2 unspecified atom stereocenters. The van der Waals surface area contributed by atoms with Crippen molar-refractivity contribution in [1.82, 2.24) is 0 Å². The highest BCUT2D eigenvalue weighted by molar-refractivity contribution is 5.67. The van der Waals surface area contributed by atoms with Crippen LogP contribution in [0.4, 0.5) is 13.2 Å². The lowest BCUT2D eigenvalue weighted by Gasteiger charge is -2.19. The van der Waals surface area contributed by atoms with E-state index in [-0.39, 0.29) is 13.0 Å². The highest BCUT2D eigenvalue weighted by atomic mass is 19.4. The molecule has 1 rings (SSSR count). The first kappa shape index (κ1) is 10.3. The summed E-state index contributed by atoms with van der Waals surface area (Å²) in [5.41, 5.74) is 0. The summed E-state index contributed by atoms with van der Waals surface area (Å²) in [5, 5.41) is 8.33. The molecule has 1 aliphatic heterocycles.